The number of ether oxygens (including phenoxy) is 1. The molecule has 3 aromatic carbocycles. The minimum atomic E-state index is -3.89. The number of aliphatic imine (C=N–C) groups is 1. The standard InChI is InChI=1S/C26H19IN4O4S/c1-17-6-12-21(13-7-17)36(33,34)31-15-20(29-30-31)16-35-25-14-24(28-19-10-8-18(27)9-11-19)22-4-2-3-5-23(22)26(25)32/h2-15H,16H2,1H3. The molecule has 1 aliphatic carbocycles. The fourth-order valence-corrected chi connectivity index (χ4v) is 5.04. The highest BCUT2D eigenvalue weighted by molar-refractivity contribution is 14.1. The van der Waals surface area contributed by atoms with Crippen LogP contribution in [0.3, 0.4) is 0 Å². The number of nitrogens with zero attached hydrogens (tertiary/aromatic N) is 4. The van der Waals surface area contributed by atoms with Gasteiger partial charge in [0.2, 0.25) is 5.78 Å². The van der Waals surface area contributed by atoms with Gasteiger partial charge < -0.3 is 4.74 Å². The van der Waals surface area contributed by atoms with Crippen molar-refractivity contribution >= 4 is 49.8 Å². The summed E-state index contributed by atoms with van der Waals surface area (Å²) in [4.78, 5) is 17.9. The second kappa shape index (κ2) is 9.78. The Balaban J connectivity index is 1.40. The number of carbonyl (C=O) groups excluding carboxylic acids is 1. The molecule has 5 rings (SSSR count). The van der Waals surface area contributed by atoms with Crippen LogP contribution in [-0.2, 0) is 21.4 Å². The average molecular weight is 610 g/mol. The number of benzene rings is 3. The summed E-state index contributed by atoms with van der Waals surface area (Å²) in [5.41, 5.74) is 3.72. The minimum absolute atomic E-state index is 0.0916. The maximum atomic E-state index is 13.1. The van der Waals surface area contributed by atoms with Crippen LogP contribution in [0.15, 0.2) is 101 Å². The number of hydrogen-bond donors (Lipinski definition) is 0. The molecule has 0 N–H and O–H groups in total. The van der Waals surface area contributed by atoms with Crippen LogP contribution in [0.1, 0.15) is 27.2 Å². The second-order valence-electron chi connectivity index (χ2n) is 8.05. The van der Waals surface area contributed by atoms with Crippen molar-refractivity contribution in [1.29, 1.82) is 0 Å². The van der Waals surface area contributed by atoms with E-state index in [2.05, 4.69) is 32.9 Å². The van der Waals surface area contributed by atoms with Gasteiger partial charge in [-0.15, -0.1) is 9.19 Å². The number of aryl methyl sites for hydroxylation is 1. The van der Waals surface area contributed by atoms with E-state index in [9.17, 15) is 13.2 Å². The molecule has 0 saturated carbocycles. The highest BCUT2D eigenvalue weighted by atomic mass is 127. The van der Waals surface area contributed by atoms with Gasteiger partial charge in [-0.25, -0.2) is 4.99 Å². The monoisotopic (exact) mass is 610 g/mol. The van der Waals surface area contributed by atoms with Gasteiger partial charge in [-0.1, -0.05) is 47.2 Å². The van der Waals surface area contributed by atoms with Gasteiger partial charge in [-0.2, -0.15) is 8.42 Å². The quantitative estimate of drug-likeness (QED) is 0.290. The van der Waals surface area contributed by atoms with Crippen LogP contribution in [0.4, 0.5) is 5.69 Å². The average Bonchev–Trinajstić information content (AvgIpc) is 3.37. The fourth-order valence-electron chi connectivity index (χ4n) is 3.59. The maximum Gasteiger partial charge on any atom is 0.284 e. The van der Waals surface area contributed by atoms with E-state index in [0.29, 0.717) is 16.8 Å². The molecule has 0 unspecified atom stereocenters. The Bertz CT molecular complexity index is 1620. The number of rotatable bonds is 6. The highest BCUT2D eigenvalue weighted by Crippen LogP contribution is 2.26. The number of fused-ring (bicyclic) bond motifs is 1. The van der Waals surface area contributed by atoms with Crippen molar-refractivity contribution in [3.8, 4) is 0 Å². The van der Waals surface area contributed by atoms with Gasteiger partial charge in [0.1, 0.15) is 12.3 Å². The van der Waals surface area contributed by atoms with Gasteiger partial charge in [-0.05, 0) is 65.9 Å². The Labute approximate surface area is 221 Å². The van der Waals surface area contributed by atoms with Crippen molar-refractivity contribution < 1.29 is 17.9 Å². The van der Waals surface area contributed by atoms with E-state index in [1.165, 1.54) is 18.3 Å². The maximum absolute atomic E-state index is 13.1. The molecule has 0 amide bonds. The number of ketones is 1. The van der Waals surface area contributed by atoms with Crippen LogP contribution in [0.5, 0.6) is 0 Å². The molecule has 0 bridgehead atoms. The van der Waals surface area contributed by atoms with Gasteiger partial charge in [-0.3, -0.25) is 4.79 Å². The first kappa shape index (κ1) is 24.1. The number of aromatic nitrogens is 3. The summed E-state index contributed by atoms with van der Waals surface area (Å²) in [6.07, 6.45) is 2.87. The van der Waals surface area contributed by atoms with E-state index in [1.54, 1.807) is 30.3 Å². The van der Waals surface area contributed by atoms with Gasteiger partial charge in [0, 0.05) is 20.8 Å². The zero-order chi connectivity index (χ0) is 25.3. The molecule has 0 spiro atoms. The van der Waals surface area contributed by atoms with E-state index in [4.69, 9.17) is 9.73 Å². The summed E-state index contributed by atoms with van der Waals surface area (Å²) in [5, 5.41) is 7.67. The third kappa shape index (κ3) is 4.86. The molecule has 0 aliphatic heterocycles. The first-order chi connectivity index (χ1) is 17.3. The summed E-state index contributed by atoms with van der Waals surface area (Å²) in [7, 11) is -3.89. The van der Waals surface area contributed by atoms with Crippen LogP contribution in [-0.4, -0.2) is 34.3 Å². The van der Waals surface area contributed by atoms with E-state index in [0.717, 1.165) is 18.9 Å². The zero-order valence-corrected chi connectivity index (χ0v) is 22.0. The van der Waals surface area contributed by atoms with Gasteiger partial charge >= 0.3 is 0 Å². The predicted octanol–water partition coefficient (Wildman–Crippen LogP) is 4.85. The molecule has 0 radical (unpaired) electrons. The molecular formula is C26H19IN4O4S. The first-order valence-corrected chi connectivity index (χ1v) is 13.4. The first-order valence-electron chi connectivity index (χ1n) is 10.9. The molecule has 180 valence electrons. The Morgan fingerprint density at radius 2 is 1.67 bits per heavy atom. The molecule has 0 saturated heterocycles. The number of carbonyl (C=O) groups is 1. The molecule has 10 heteroatoms. The van der Waals surface area contributed by atoms with E-state index in [1.807, 2.05) is 43.3 Å². The number of allylic oxidation sites excluding steroid dienone is 2. The van der Waals surface area contributed by atoms with E-state index >= 15 is 0 Å². The molecule has 0 fully saturated rings. The lowest BCUT2D eigenvalue weighted by Crippen LogP contribution is -2.19. The molecule has 8 nitrogen and oxygen atoms in total. The SMILES string of the molecule is Cc1ccc(S(=O)(=O)n2cc(COC3=CC(=Nc4ccc(I)cc4)c4ccccc4C3=O)nn2)cc1. The molecule has 1 aromatic heterocycles. The molecule has 1 aliphatic rings. The van der Waals surface area contributed by atoms with Crippen LogP contribution >= 0.6 is 22.6 Å². The van der Waals surface area contributed by atoms with E-state index < -0.39 is 10.0 Å². The smallest absolute Gasteiger partial charge is 0.284 e. The van der Waals surface area contributed by atoms with Crippen LogP contribution in [0, 0.1) is 10.5 Å². The Hall–Kier alpha value is -3.64. The summed E-state index contributed by atoms with van der Waals surface area (Å²) in [5.74, 6) is -0.194. The minimum Gasteiger partial charge on any atom is -0.483 e. The lowest BCUT2D eigenvalue weighted by atomic mass is 9.93. The van der Waals surface area contributed by atoms with Gasteiger partial charge in [0.25, 0.3) is 10.0 Å². The van der Waals surface area contributed by atoms with Crippen LogP contribution < -0.4 is 0 Å². The fraction of sp³-hybridized carbons (Fsp3) is 0.0769. The molecule has 1 heterocycles. The van der Waals surface area contributed by atoms with Gasteiger partial charge in [0.15, 0.2) is 5.76 Å². The van der Waals surface area contributed by atoms with Crippen molar-refractivity contribution in [2.75, 3.05) is 0 Å². The highest BCUT2D eigenvalue weighted by Gasteiger charge is 2.26. The third-order valence-electron chi connectivity index (χ3n) is 5.48. The van der Waals surface area contributed by atoms with Crippen LogP contribution in [0.25, 0.3) is 0 Å². The Morgan fingerprint density at radius 1 is 0.972 bits per heavy atom. The normalized spacial score (nSPS) is 14.4. The predicted molar refractivity (Wildman–Crippen MR) is 143 cm³/mol. The van der Waals surface area contributed by atoms with Crippen molar-refractivity contribution in [2.24, 2.45) is 4.99 Å². The second-order valence-corrected chi connectivity index (χ2v) is 11.1. The summed E-state index contributed by atoms with van der Waals surface area (Å²) in [6, 6.07) is 21.3. The topological polar surface area (TPSA) is 104 Å². The Morgan fingerprint density at radius 3 is 2.39 bits per heavy atom. The number of halogens is 1. The lowest BCUT2D eigenvalue weighted by Gasteiger charge is -2.17. The third-order valence-corrected chi connectivity index (χ3v) is 7.73. The summed E-state index contributed by atoms with van der Waals surface area (Å²) >= 11 is 2.23. The molecule has 4 aromatic rings. The molecular weight excluding hydrogens is 591 g/mol. The molecule has 36 heavy (non-hydrogen) atoms. The van der Waals surface area contributed by atoms with E-state index in [-0.39, 0.29) is 28.7 Å². The van der Waals surface area contributed by atoms with Gasteiger partial charge in [0.05, 0.1) is 22.5 Å². The largest absolute Gasteiger partial charge is 0.483 e. The number of Topliss-reactive ketones (excluding diaryl/α,β-unsaturated/α-hetero) is 1. The van der Waals surface area contributed by atoms with Crippen molar-refractivity contribution in [3.05, 3.63) is 117 Å². The Kier molecular flexibility index (Phi) is 6.54. The summed E-state index contributed by atoms with van der Waals surface area (Å²) < 4.78 is 33.3. The molecule has 0 atom stereocenters. The lowest BCUT2D eigenvalue weighted by molar-refractivity contribution is 0.0900. The number of hydrogen-bond acceptors (Lipinski definition) is 7. The zero-order valence-electron chi connectivity index (χ0n) is 19.0. The summed E-state index contributed by atoms with van der Waals surface area (Å²) in [6.45, 7) is 1.73. The van der Waals surface area contributed by atoms with Crippen molar-refractivity contribution in [3.63, 3.8) is 0 Å². The van der Waals surface area contributed by atoms with Crippen molar-refractivity contribution in [1.82, 2.24) is 14.4 Å². The van der Waals surface area contributed by atoms with Crippen molar-refractivity contribution in [2.45, 2.75) is 18.4 Å². The van der Waals surface area contributed by atoms with Crippen LogP contribution in [0.2, 0.25) is 0 Å².